The zero-order chi connectivity index (χ0) is 24.4. The van der Waals surface area contributed by atoms with Crippen molar-refractivity contribution in [1.29, 1.82) is 0 Å². The summed E-state index contributed by atoms with van der Waals surface area (Å²) in [5.41, 5.74) is 5.45. The molecule has 35 heavy (non-hydrogen) atoms. The molecule has 4 heterocycles. The number of nitrogens with one attached hydrogen (secondary N) is 1. The van der Waals surface area contributed by atoms with Crippen LogP contribution in [-0.4, -0.2) is 32.8 Å². The first-order valence-corrected chi connectivity index (χ1v) is 12.3. The number of aryl methyl sites for hydroxylation is 1. The van der Waals surface area contributed by atoms with Gasteiger partial charge in [0.2, 0.25) is 0 Å². The molecule has 0 aromatic carbocycles. The van der Waals surface area contributed by atoms with E-state index in [1.165, 1.54) is 6.92 Å². The van der Waals surface area contributed by atoms with Gasteiger partial charge in [0.05, 0.1) is 28.7 Å². The molecule has 10 heteroatoms. The van der Waals surface area contributed by atoms with Crippen molar-refractivity contribution in [1.82, 2.24) is 25.1 Å². The molecular formula is C25H26F4N6. The van der Waals surface area contributed by atoms with Gasteiger partial charge in [-0.05, 0) is 63.6 Å². The number of alkyl halides is 3. The van der Waals surface area contributed by atoms with Crippen molar-refractivity contribution in [2.24, 2.45) is 11.8 Å². The lowest BCUT2D eigenvalue weighted by atomic mass is 9.94. The zero-order valence-electron chi connectivity index (χ0n) is 19.5. The van der Waals surface area contributed by atoms with Crippen molar-refractivity contribution in [3.63, 3.8) is 0 Å². The number of aromatic nitrogens is 4. The number of nitrogens with two attached hydrogens (primary N) is 1. The third kappa shape index (κ3) is 3.07. The zero-order valence-corrected chi connectivity index (χ0v) is 19.5. The molecule has 1 aliphatic heterocycles. The number of piperidine rings is 1. The molecule has 7 rings (SSSR count). The molecule has 1 saturated heterocycles. The second-order valence-electron chi connectivity index (χ2n) is 11.0. The van der Waals surface area contributed by atoms with E-state index in [1.54, 1.807) is 4.68 Å². The Morgan fingerprint density at radius 3 is 2.43 bits per heavy atom. The van der Waals surface area contributed by atoms with Crippen LogP contribution >= 0.6 is 0 Å². The number of nitrogens with zero attached hydrogens (tertiary/aromatic N) is 4. The fraction of sp³-hybridized carbons (Fsp3) is 0.560. The maximum atomic E-state index is 16.4. The van der Waals surface area contributed by atoms with Crippen LogP contribution in [0.3, 0.4) is 0 Å². The highest BCUT2D eigenvalue weighted by molar-refractivity contribution is 5.91. The van der Waals surface area contributed by atoms with Gasteiger partial charge in [-0.1, -0.05) is 6.92 Å². The summed E-state index contributed by atoms with van der Waals surface area (Å²) in [6.07, 6.45) is -1.25. The van der Waals surface area contributed by atoms with Crippen molar-refractivity contribution < 1.29 is 17.6 Å². The van der Waals surface area contributed by atoms with E-state index < -0.39 is 17.6 Å². The number of hydrogen-bond acceptors (Lipinski definition) is 5. The second-order valence-corrected chi connectivity index (χ2v) is 11.0. The van der Waals surface area contributed by atoms with E-state index in [-0.39, 0.29) is 40.1 Å². The number of anilines is 1. The van der Waals surface area contributed by atoms with Gasteiger partial charge in [-0.3, -0.25) is 4.68 Å². The fourth-order valence-corrected chi connectivity index (χ4v) is 6.15. The summed E-state index contributed by atoms with van der Waals surface area (Å²) >= 11 is 0. The minimum atomic E-state index is -4.73. The largest absolute Gasteiger partial charge is 0.418 e. The first-order chi connectivity index (χ1) is 16.6. The summed E-state index contributed by atoms with van der Waals surface area (Å²) in [7, 11) is 0. The van der Waals surface area contributed by atoms with E-state index in [9.17, 15) is 13.2 Å². The molecule has 3 saturated carbocycles. The standard InChI is InChI=1S/C25H26F4N6/c1-10-18(25(27,28)29)12(7-15(30)32-10)20-19(26)22-17(23(33-20)24(2)5-6-24)21(34-35(22)11-3-4-11)16-13-8-31-9-14(13)16/h7,11,13-14,16,31H,3-6,8-9H2,1-2H3,(H2,30,32)/t13-,14+,16?. The minimum absolute atomic E-state index is 0.0684. The molecule has 3 aliphatic carbocycles. The first-order valence-electron chi connectivity index (χ1n) is 12.3. The van der Waals surface area contributed by atoms with Crippen LogP contribution in [-0.2, 0) is 11.6 Å². The average Bonchev–Trinajstić information content (AvgIpc) is 3.74. The number of fused-ring (bicyclic) bond motifs is 2. The highest BCUT2D eigenvalue weighted by Crippen LogP contribution is 2.60. The molecule has 4 fully saturated rings. The van der Waals surface area contributed by atoms with Crippen LogP contribution in [0.25, 0.3) is 22.2 Å². The highest BCUT2D eigenvalue weighted by Gasteiger charge is 2.57. The maximum Gasteiger partial charge on any atom is 0.418 e. The monoisotopic (exact) mass is 486 g/mol. The summed E-state index contributed by atoms with van der Waals surface area (Å²) in [5, 5.41) is 9.07. The van der Waals surface area contributed by atoms with Crippen molar-refractivity contribution in [2.75, 3.05) is 18.8 Å². The number of rotatable bonds is 4. The van der Waals surface area contributed by atoms with Crippen LogP contribution in [0.5, 0.6) is 0 Å². The van der Waals surface area contributed by atoms with Gasteiger partial charge in [-0.25, -0.2) is 14.4 Å². The molecule has 1 unspecified atom stereocenters. The van der Waals surface area contributed by atoms with E-state index in [1.807, 2.05) is 0 Å². The molecule has 0 amide bonds. The second kappa shape index (κ2) is 6.72. The Morgan fingerprint density at radius 1 is 1.14 bits per heavy atom. The van der Waals surface area contributed by atoms with E-state index in [0.29, 0.717) is 23.0 Å². The molecule has 3 N–H and O–H groups in total. The van der Waals surface area contributed by atoms with Crippen LogP contribution in [0.15, 0.2) is 6.07 Å². The number of nitrogen functional groups attached to an aromatic ring is 1. The van der Waals surface area contributed by atoms with Crippen LogP contribution < -0.4 is 11.1 Å². The minimum Gasteiger partial charge on any atom is -0.384 e. The Morgan fingerprint density at radius 2 is 1.83 bits per heavy atom. The first kappa shape index (κ1) is 21.5. The van der Waals surface area contributed by atoms with Crippen molar-refractivity contribution in [3.8, 4) is 11.3 Å². The summed E-state index contributed by atoms with van der Waals surface area (Å²) in [6.45, 7) is 5.13. The summed E-state index contributed by atoms with van der Waals surface area (Å²) in [5.74, 6) is 0.348. The van der Waals surface area contributed by atoms with Crippen molar-refractivity contribution in [2.45, 2.75) is 63.1 Å². The Balaban J connectivity index is 1.55. The third-order valence-electron chi connectivity index (χ3n) is 8.44. The van der Waals surface area contributed by atoms with Crippen molar-refractivity contribution in [3.05, 3.63) is 34.5 Å². The summed E-state index contributed by atoms with van der Waals surface area (Å²) in [6, 6.07) is 1.17. The van der Waals surface area contributed by atoms with Gasteiger partial charge in [0.25, 0.3) is 0 Å². The number of pyridine rings is 2. The molecule has 4 aliphatic rings. The van der Waals surface area contributed by atoms with Crippen LogP contribution in [0.1, 0.15) is 67.2 Å². The molecule has 3 aromatic rings. The van der Waals surface area contributed by atoms with Crippen LogP contribution in [0.4, 0.5) is 23.4 Å². The fourth-order valence-electron chi connectivity index (χ4n) is 6.15. The van der Waals surface area contributed by atoms with Gasteiger partial charge in [0.1, 0.15) is 17.0 Å². The lowest BCUT2D eigenvalue weighted by molar-refractivity contribution is -0.137. The Kier molecular flexibility index (Phi) is 4.13. The number of halogens is 4. The Labute approximate surface area is 199 Å². The van der Waals surface area contributed by atoms with Crippen molar-refractivity contribution >= 4 is 16.7 Å². The van der Waals surface area contributed by atoms with Gasteiger partial charge >= 0.3 is 6.18 Å². The predicted octanol–water partition coefficient (Wildman–Crippen LogP) is 4.86. The Hall–Kier alpha value is -2.75. The summed E-state index contributed by atoms with van der Waals surface area (Å²) < 4.78 is 60.6. The maximum absolute atomic E-state index is 16.4. The van der Waals surface area contributed by atoms with Gasteiger partial charge in [0.15, 0.2) is 5.82 Å². The Bertz CT molecular complexity index is 1390. The topological polar surface area (TPSA) is 81.7 Å². The molecule has 6 nitrogen and oxygen atoms in total. The molecular weight excluding hydrogens is 460 g/mol. The quantitative estimate of drug-likeness (QED) is 0.515. The smallest absolute Gasteiger partial charge is 0.384 e. The average molecular weight is 487 g/mol. The molecule has 0 spiro atoms. The lowest BCUT2D eigenvalue weighted by Gasteiger charge is -2.19. The van der Waals surface area contributed by atoms with E-state index in [2.05, 4.69) is 17.2 Å². The van der Waals surface area contributed by atoms with Gasteiger partial charge in [0, 0.05) is 22.3 Å². The van der Waals surface area contributed by atoms with Crippen LogP contribution in [0.2, 0.25) is 0 Å². The van der Waals surface area contributed by atoms with E-state index in [0.717, 1.165) is 55.9 Å². The highest BCUT2D eigenvalue weighted by atomic mass is 19.4. The molecule has 3 aromatic heterocycles. The van der Waals surface area contributed by atoms with Gasteiger partial charge in [-0.2, -0.15) is 18.3 Å². The molecule has 0 bridgehead atoms. The molecule has 0 radical (unpaired) electrons. The summed E-state index contributed by atoms with van der Waals surface area (Å²) in [4.78, 5) is 8.50. The number of hydrogen-bond donors (Lipinski definition) is 2. The third-order valence-corrected chi connectivity index (χ3v) is 8.44. The predicted molar refractivity (Wildman–Crippen MR) is 122 cm³/mol. The SMILES string of the molecule is Cc1nc(N)cc(-c2nc(C3(C)CC3)c3c(C4[C@H]5CNC[C@@H]45)nn(C4CC4)c3c2F)c1C(F)(F)F. The van der Waals surface area contributed by atoms with Gasteiger partial charge < -0.3 is 11.1 Å². The molecule has 184 valence electrons. The lowest BCUT2D eigenvalue weighted by Crippen LogP contribution is -2.15. The molecule has 3 atom stereocenters. The van der Waals surface area contributed by atoms with Crippen LogP contribution in [0, 0.1) is 24.6 Å². The van der Waals surface area contributed by atoms with Gasteiger partial charge in [-0.15, -0.1) is 0 Å². The normalized spacial score (nSPS) is 26.9. The van der Waals surface area contributed by atoms with E-state index in [4.69, 9.17) is 15.8 Å². The van der Waals surface area contributed by atoms with E-state index >= 15 is 4.39 Å².